The first-order valence-electron chi connectivity index (χ1n) is 13.0. The maximum absolute atomic E-state index is 2.87. The molecule has 0 bridgehead atoms. The van der Waals surface area contributed by atoms with E-state index in [2.05, 4.69) is 65.6 Å². The normalized spacial score (nSPS) is 26.7. The summed E-state index contributed by atoms with van der Waals surface area (Å²) in [6.45, 7) is 4.71. The zero-order valence-corrected chi connectivity index (χ0v) is 21.1. The lowest BCUT2D eigenvalue weighted by Crippen LogP contribution is -2.13. The standard InChI is InChI=1S/C30H43P/c1-22-6-10-27(11-7-22)29-18-19-30(23(2)21-29)28-16-14-26(15-17-28)25-12-8-24(9-13-25)5-3-4-20-31/h14-19,21-22,24-25,27H,3-13,20,31H2,1-2H3. The van der Waals surface area contributed by atoms with Gasteiger partial charge in [-0.05, 0) is 110 Å². The van der Waals surface area contributed by atoms with Crippen molar-refractivity contribution >= 4 is 9.24 Å². The molecule has 2 aliphatic carbocycles. The molecule has 0 nitrogen and oxygen atoms in total. The van der Waals surface area contributed by atoms with Gasteiger partial charge >= 0.3 is 0 Å². The van der Waals surface area contributed by atoms with Gasteiger partial charge in [0.25, 0.3) is 0 Å². The summed E-state index contributed by atoms with van der Waals surface area (Å²) in [6.07, 6.45) is 16.7. The van der Waals surface area contributed by atoms with Crippen LogP contribution in [0.4, 0.5) is 0 Å². The average molecular weight is 435 g/mol. The smallest absolute Gasteiger partial charge is 0.0155 e. The molecule has 0 saturated heterocycles. The Morgan fingerprint density at radius 1 is 0.742 bits per heavy atom. The van der Waals surface area contributed by atoms with Gasteiger partial charge in [0.15, 0.2) is 0 Å². The number of unbranched alkanes of at least 4 members (excludes halogenated alkanes) is 1. The lowest BCUT2D eigenvalue weighted by Gasteiger charge is -2.29. The van der Waals surface area contributed by atoms with Crippen LogP contribution < -0.4 is 0 Å². The molecule has 0 heterocycles. The quantitative estimate of drug-likeness (QED) is 0.301. The van der Waals surface area contributed by atoms with Gasteiger partial charge in [-0.25, -0.2) is 0 Å². The maximum Gasteiger partial charge on any atom is -0.0155 e. The third kappa shape index (κ3) is 6.01. The van der Waals surface area contributed by atoms with Crippen LogP contribution in [0, 0.1) is 18.8 Å². The van der Waals surface area contributed by atoms with Crippen LogP contribution in [0.5, 0.6) is 0 Å². The highest BCUT2D eigenvalue weighted by Crippen LogP contribution is 2.39. The minimum Gasteiger partial charge on any atom is -0.138 e. The fourth-order valence-corrected chi connectivity index (χ4v) is 6.44. The molecule has 0 spiro atoms. The zero-order chi connectivity index (χ0) is 21.6. The van der Waals surface area contributed by atoms with Crippen LogP contribution in [0.25, 0.3) is 11.1 Å². The highest BCUT2D eigenvalue weighted by atomic mass is 31.0. The molecule has 0 amide bonds. The summed E-state index contributed by atoms with van der Waals surface area (Å²) in [6, 6.07) is 16.9. The van der Waals surface area contributed by atoms with Crippen LogP contribution in [0.3, 0.4) is 0 Å². The maximum atomic E-state index is 2.87. The summed E-state index contributed by atoms with van der Waals surface area (Å²) in [5, 5.41) is 0. The van der Waals surface area contributed by atoms with E-state index in [1.807, 2.05) is 0 Å². The van der Waals surface area contributed by atoms with Gasteiger partial charge in [-0.15, -0.1) is 9.24 Å². The topological polar surface area (TPSA) is 0 Å². The fraction of sp³-hybridized carbons (Fsp3) is 0.600. The van der Waals surface area contributed by atoms with Crippen LogP contribution in [0.1, 0.15) is 106 Å². The summed E-state index contributed by atoms with van der Waals surface area (Å²) in [4.78, 5) is 0. The van der Waals surface area contributed by atoms with Crippen molar-refractivity contribution < 1.29 is 0 Å². The Balaban J connectivity index is 1.36. The second-order valence-electron chi connectivity index (χ2n) is 10.7. The molecule has 31 heavy (non-hydrogen) atoms. The third-order valence-corrected chi connectivity index (χ3v) is 8.75. The van der Waals surface area contributed by atoms with E-state index in [9.17, 15) is 0 Å². The fourth-order valence-electron chi connectivity index (χ4n) is 6.15. The summed E-state index contributed by atoms with van der Waals surface area (Å²) < 4.78 is 0. The monoisotopic (exact) mass is 434 g/mol. The van der Waals surface area contributed by atoms with Gasteiger partial charge in [-0.3, -0.25) is 0 Å². The van der Waals surface area contributed by atoms with Crippen molar-refractivity contribution in [3.8, 4) is 11.1 Å². The first-order chi connectivity index (χ1) is 15.1. The zero-order valence-electron chi connectivity index (χ0n) is 19.9. The SMILES string of the molecule is Cc1cc(C2CCC(C)CC2)ccc1-c1ccc(C2CCC(CCCCP)CC2)cc1. The average Bonchev–Trinajstić information content (AvgIpc) is 2.80. The highest BCUT2D eigenvalue weighted by molar-refractivity contribution is 7.16. The van der Waals surface area contributed by atoms with Crippen molar-refractivity contribution in [3.05, 3.63) is 59.2 Å². The molecule has 1 heteroatoms. The minimum absolute atomic E-state index is 0.780. The van der Waals surface area contributed by atoms with Crippen molar-refractivity contribution in [2.24, 2.45) is 11.8 Å². The third-order valence-electron chi connectivity index (χ3n) is 8.34. The first kappa shape index (κ1) is 23.0. The Hall–Kier alpha value is -1.13. The van der Waals surface area contributed by atoms with Crippen LogP contribution in [0.15, 0.2) is 42.5 Å². The van der Waals surface area contributed by atoms with Crippen molar-refractivity contribution in [2.45, 2.75) is 96.3 Å². The van der Waals surface area contributed by atoms with E-state index in [1.54, 1.807) is 11.1 Å². The highest BCUT2D eigenvalue weighted by Gasteiger charge is 2.22. The molecule has 2 aromatic carbocycles. The molecule has 0 N–H and O–H groups in total. The van der Waals surface area contributed by atoms with E-state index in [4.69, 9.17) is 0 Å². The molecule has 0 radical (unpaired) electrons. The molecule has 0 aromatic heterocycles. The van der Waals surface area contributed by atoms with E-state index in [0.717, 1.165) is 23.7 Å². The van der Waals surface area contributed by atoms with Gasteiger partial charge in [0, 0.05) is 0 Å². The predicted octanol–water partition coefficient (Wildman–Crippen LogP) is 9.27. The number of hydrogen-bond acceptors (Lipinski definition) is 0. The predicted molar refractivity (Wildman–Crippen MR) is 140 cm³/mol. The van der Waals surface area contributed by atoms with Crippen LogP contribution in [-0.2, 0) is 0 Å². The van der Waals surface area contributed by atoms with Gasteiger partial charge in [0.1, 0.15) is 0 Å². The Bertz CT molecular complexity index is 805. The van der Waals surface area contributed by atoms with Crippen molar-refractivity contribution in [1.82, 2.24) is 0 Å². The van der Waals surface area contributed by atoms with Gasteiger partial charge in [-0.1, -0.05) is 75.1 Å². The summed E-state index contributed by atoms with van der Waals surface area (Å²) >= 11 is 0. The molecule has 168 valence electrons. The van der Waals surface area contributed by atoms with Crippen molar-refractivity contribution in [1.29, 1.82) is 0 Å². The van der Waals surface area contributed by atoms with Gasteiger partial charge in [-0.2, -0.15) is 0 Å². The Morgan fingerprint density at radius 2 is 1.35 bits per heavy atom. The van der Waals surface area contributed by atoms with Gasteiger partial charge < -0.3 is 0 Å². The summed E-state index contributed by atoms with van der Waals surface area (Å²) in [7, 11) is 2.87. The molecule has 0 aliphatic heterocycles. The van der Waals surface area contributed by atoms with E-state index in [1.165, 1.54) is 93.5 Å². The van der Waals surface area contributed by atoms with Crippen molar-refractivity contribution in [2.75, 3.05) is 6.16 Å². The van der Waals surface area contributed by atoms with Crippen LogP contribution in [0.2, 0.25) is 0 Å². The number of benzene rings is 2. The summed E-state index contributed by atoms with van der Waals surface area (Å²) in [5.74, 6) is 3.47. The molecule has 1 atom stereocenters. The molecular weight excluding hydrogens is 391 g/mol. The molecule has 2 aliphatic rings. The largest absolute Gasteiger partial charge is 0.138 e. The number of aryl methyl sites for hydroxylation is 1. The molecule has 1 unspecified atom stereocenters. The first-order valence-corrected chi connectivity index (χ1v) is 13.9. The Labute approximate surface area is 193 Å². The lowest BCUT2D eigenvalue weighted by molar-refractivity contribution is 0.304. The Morgan fingerprint density at radius 3 is 2.00 bits per heavy atom. The minimum atomic E-state index is 0.780. The molecule has 2 aromatic rings. The van der Waals surface area contributed by atoms with Crippen LogP contribution in [-0.4, -0.2) is 6.16 Å². The molecule has 2 fully saturated rings. The van der Waals surface area contributed by atoms with E-state index in [0.29, 0.717) is 0 Å². The van der Waals surface area contributed by atoms with E-state index < -0.39 is 0 Å². The van der Waals surface area contributed by atoms with Crippen LogP contribution >= 0.6 is 9.24 Å². The molecular formula is C30H43P. The summed E-state index contributed by atoms with van der Waals surface area (Å²) in [5.41, 5.74) is 7.38. The number of hydrogen-bond donors (Lipinski definition) is 0. The molecule has 4 rings (SSSR count). The lowest BCUT2D eigenvalue weighted by atomic mass is 9.77. The number of rotatable bonds is 7. The second kappa shape index (κ2) is 11.1. The molecule has 2 saturated carbocycles. The van der Waals surface area contributed by atoms with E-state index >= 15 is 0 Å². The Kier molecular flexibility index (Phi) is 8.28. The van der Waals surface area contributed by atoms with E-state index in [-0.39, 0.29) is 0 Å². The second-order valence-corrected chi connectivity index (χ2v) is 11.2. The van der Waals surface area contributed by atoms with Gasteiger partial charge in [0.05, 0.1) is 0 Å². The van der Waals surface area contributed by atoms with Gasteiger partial charge in [0.2, 0.25) is 0 Å². The van der Waals surface area contributed by atoms with Crippen molar-refractivity contribution in [3.63, 3.8) is 0 Å².